The van der Waals surface area contributed by atoms with Crippen molar-refractivity contribution in [3.8, 4) is 11.3 Å². The average Bonchev–Trinajstić information content (AvgIpc) is 3.09. The van der Waals surface area contributed by atoms with Crippen molar-refractivity contribution < 1.29 is 14.7 Å². The zero-order valence-corrected chi connectivity index (χ0v) is 14.7. The van der Waals surface area contributed by atoms with Gasteiger partial charge in [-0.2, -0.15) is 0 Å². The van der Waals surface area contributed by atoms with Crippen molar-refractivity contribution >= 4 is 17.5 Å². The van der Waals surface area contributed by atoms with E-state index < -0.39 is 17.9 Å². The molecule has 3 aromatic rings. The number of hydrogen-bond acceptors (Lipinski definition) is 3. The van der Waals surface area contributed by atoms with Gasteiger partial charge in [-0.05, 0) is 18.1 Å². The molecule has 2 atom stereocenters. The van der Waals surface area contributed by atoms with Crippen LogP contribution in [0.4, 0.5) is 0 Å². The first-order valence-electron chi connectivity index (χ1n) is 8.57. The standard InChI is InChI=1S/C20H21N3O3/c1-3-13(2)18(20(25)26)22-19(24)15-9-10-23-12-16(21-17(23)11-15)14-7-5-4-6-8-14/h4-13,18H,3H2,1-2H3,(H,22,24)(H,25,26). The minimum absolute atomic E-state index is 0.156. The molecule has 2 heterocycles. The molecule has 2 N–H and O–H groups in total. The Labute approximate surface area is 151 Å². The van der Waals surface area contributed by atoms with Crippen molar-refractivity contribution in [2.75, 3.05) is 0 Å². The summed E-state index contributed by atoms with van der Waals surface area (Å²) in [4.78, 5) is 28.5. The fraction of sp³-hybridized carbons (Fsp3) is 0.250. The number of nitrogens with one attached hydrogen (secondary N) is 1. The molecule has 0 spiro atoms. The van der Waals surface area contributed by atoms with Crippen LogP contribution in [0.15, 0.2) is 54.9 Å². The Hall–Kier alpha value is -3.15. The average molecular weight is 351 g/mol. The van der Waals surface area contributed by atoms with Gasteiger partial charge in [-0.15, -0.1) is 0 Å². The molecular formula is C20H21N3O3. The Morgan fingerprint density at radius 3 is 2.62 bits per heavy atom. The summed E-state index contributed by atoms with van der Waals surface area (Å²) >= 11 is 0. The number of carboxylic acid groups (broad SMARTS) is 1. The molecule has 0 aliphatic rings. The first-order valence-corrected chi connectivity index (χ1v) is 8.57. The first kappa shape index (κ1) is 17.7. The molecule has 2 aromatic heterocycles. The summed E-state index contributed by atoms with van der Waals surface area (Å²) in [6.45, 7) is 3.71. The van der Waals surface area contributed by atoms with Crippen LogP contribution in [0.1, 0.15) is 30.6 Å². The van der Waals surface area contributed by atoms with Crippen LogP contribution in [0.5, 0.6) is 0 Å². The number of carbonyl (C=O) groups excluding carboxylic acids is 1. The predicted octanol–water partition coefficient (Wildman–Crippen LogP) is 3.23. The number of benzene rings is 1. The normalized spacial score (nSPS) is 13.3. The third-order valence-corrected chi connectivity index (χ3v) is 4.56. The Morgan fingerprint density at radius 2 is 1.96 bits per heavy atom. The molecular weight excluding hydrogens is 330 g/mol. The lowest BCUT2D eigenvalue weighted by Gasteiger charge is -2.20. The molecule has 134 valence electrons. The zero-order chi connectivity index (χ0) is 18.7. The van der Waals surface area contributed by atoms with E-state index in [1.165, 1.54) is 0 Å². The molecule has 0 saturated carbocycles. The third-order valence-electron chi connectivity index (χ3n) is 4.56. The minimum Gasteiger partial charge on any atom is -0.480 e. The summed E-state index contributed by atoms with van der Waals surface area (Å²) in [6.07, 6.45) is 4.31. The van der Waals surface area contributed by atoms with E-state index in [1.807, 2.05) is 54.8 Å². The van der Waals surface area contributed by atoms with Crippen LogP contribution < -0.4 is 5.32 Å². The highest BCUT2D eigenvalue weighted by Gasteiger charge is 2.25. The molecule has 1 aromatic carbocycles. The minimum atomic E-state index is -1.03. The van der Waals surface area contributed by atoms with Gasteiger partial charge in [0.15, 0.2) is 0 Å². The lowest BCUT2D eigenvalue weighted by Crippen LogP contribution is -2.45. The molecule has 6 nitrogen and oxygen atoms in total. The predicted molar refractivity (Wildman–Crippen MR) is 99.0 cm³/mol. The summed E-state index contributed by atoms with van der Waals surface area (Å²) < 4.78 is 1.84. The van der Waals surface area contributed by atoms with Crippen LogP contribution in [0, 0.1) is 5.92 Å². The van der Waals surface area contributed by atoms with Crippen molar-refractivity contribution in [3.05, 3.63) is 60.4 Å². The van der Waals surface area contributed by atoms with Crippen molar-refractivity contribution in [1.29, 1.82) is 0 Å². The van der Waals surface area contributed by atoms with Crippen LogP contribution in [0.3, 0.4) is 0 Å². The van der Waals surface area contributed by atoms with Crippen molar-refractivity contribution in [2.24, 2.45) is 5.92 Å². The van der Waals surface area contributed by atoms with Crippen LogP contribution in [-0.2, 0) is 4.79 Å². The van der Waals surface area contributed by atoms with E-state index >= 15 is 0 Å². The van der Waals surface area contributed by atoms with Crippen LogP contribution in [0.2, 0.25) is 0 Å². The number of fused-ring (bicyclic) bond motifs is 1. The molecule has 0 aliphatic carbocycles. The highest BCUT2D eigenvalue weighted by Crippen LogP contribution is 2.19. The van der Waals surface area contributed by atoms with Crippen LogP contribution >= 0.6 is 0 Å². The van der Waals surface area contributed by atoms with Gasteiger partial charge in [-0.3, -0.25) is 4.79 Å². The summed E-state index contributed by atoms with van der Waals surface area (Å²) in [6, 6.07) is 12.2. The van der Waals surface area contributed by atoms with Gasteiger partial charge in [-0.1, -0.05) is 50.6 Å². The van der Waals surface area contributed by atoms with Crippen molar-refractivity contribution in [3.63, 3.8) is 0 Å². The molecule has 0 aliphatic heterocycles. The number of carbonyl (C=O) groups is 2. The Kier molecular flexibility index (Phi) is 5.02. The van der Waals surface area contributed by atoms with Crippen LogP contribution in [0.25, 0.3) is 16.9 Å². The molecule has 26 heavy (non-hydrogen) atoms. The summed E-state index contributed by atoms with van der Waals surface area (Å²) in [5.41, 5.74) is 2.82. The largest absolute Gasteiger partial charge is 0.480 e. The van der Waals surface area contributed by atoms with Gasteiger partial charge in [0.1, 0.15) is 11.7 Å². The van der Waals surface area contributed by atoms with E-state index in [0.29, 0.717) is 17.6 Å². The van der Waals surface area contributed by atoms with Crippen molar-refractivity contribution in [1.82, 2.24) is 14.7 Å². The van der Waals surface area contributed by atoms with Gasteiger partial charge in [0, 0.05) is 23.5 Å². The molecule has 1 amide bonds. The Balaban J connectivity index is 1.86. The Morgan fingerprint density at radius 1 is 1.23 bits per heavy atom. The molecule has 0 saturated heterocycles. The molecule has 3 rings (SSSR count). The van der Waals surface area contributed by atoms with Gasteiger partial charge in [0.25, 0.3) is 5.91 Å². The SMILES string of the molecule is CCC(C)C(NC(=O)c1ccn2cc(-c3ccccc3)nc2c1)C(=O)O. The molecule has 2 unspecified atom stereocenters. The fourth-order valence-electron chi connectivity index (χ4n) is 2.78. The number of hydrogen-bond donors (Lipinski definition) is 2. The van der Waals surface area contributed by atoms with E-state index in [9.17, 15) is 14.7 Å². The van der Waals surface area contributed by atoms with E-state index in [4.69, 9.17) is 0 Å². The number of rotatable bonds is 6. The third kappa shape index (κ3) is 3.59. The number of amides is 1. The van der Waals surface area contributed by atoms with Gasteiger partial charge in [-0.25, -0.2) is 9.78 Å². The van der Waals surface area contributed by atoms with Crippen LogP contribution in [-0.4, -0.2) is 32.4 Å². The summed E-state index contributed by atoms with van der Waals surface area (Å²) in [5, 5.41) is 12.0. The number of pyridine rings is 1. The zero-order valence-electron chi connectivity index (χ0n) is 14.7. The summed E-state index contributed by atoms with van der Waals surface area (Å²) in [7, 11) is 0. The molecule has 0 bridgehead atoms. The number of carboxylic acids is 1. The number of aromatic nitrogens is 2. The Bertz CT molecular complexity index is 934. The first-order chi connectivity index (χ1) is 12.5. The lowest BCUT2D eigenvalue weighted by atomic mass is 9.99. The van der Waals surface area contributed by atoms with Gasteiger partial charge < -0.3 is 14.8 Å². The maximum atomic E-state index is 12.5. The fourth-order valence-corrected chi connectivity index (χ4v) is 2.78. The lowest BCUT2D eigenvalue weighted by molar-refractivity contribution is -0.140. The topological polar surface area (TPSA) is 83.7 Å². The number of aliphatic carboxylic acids is 1. The maximum absolute atomic E-state index is 12.5. The van der Waals surface area contributed by atoms with Gasteiger partial charge in [0.05, 0.1) is 5.69 Å². The van der Waals surface area contributed by atoms with E-state index in [-0.39, 0.29) is 5.92 Å². The van der Waals surface area contributed by atoms with Gasteiger partial charge >= 0.3 is 5.97 Å². The second kappa shape index (κ2) is 7.39. The van der Waals surface area contributed by atoms with E-state index in [2.05, 4.69) is 10.3 Å². The highest BCUT2D eigenvalue weighted by atomic mass is 16.4. The monoisotopic (exact) mass is 351 g/mol. The summed E-state index contributed by atoms with van der Waals surface area (Å²) in [5.74, 6) is -1.60. The number of imidazole rings is 1. The quantitative estimate of drug-likeness (QED) is 0.714. The van der Waals surface area contributed by atoms with E-state index in [1.54, 1.807) is 18.3 Å². The molecule has 6 heteroatoms. The smallest absolute Gasteiger partial charge is 0.326 e. The van der Waals surface area contributed by atoms with E-state index in [0.717, 1.165) is 11.3 Å². The molecule has 0 fully saturated rings. The number of nitrogens with zero attached hydrogens (tertiary/aromatic N) is 2. The van der Waals surface area contributed by atoms with Crippen molar-refractivity contribution in [2.45, 2.75) is 26.3 Å². The molecule has 0 radical (unpaired) electrons. The highest BCUT2D eigenvalue weighted by molar-refractivity contribution is 5.97. The van der Waals surface area contributed by atoms with Gasteiger partial charge in [0.2, 0.25) is 0 Å². The second-order valence-corrected chi connectivity index (χ2v) is 6.35. The second-order valence-electron chi connectivity index (χ2n) is 6.35. The maximum Gasteiger partial charge on any atom is 0.326 e.